The first-order valence-corrected chi connectivity index (χ1v) is 12.3. The Labute approximate surface area is 197 Å². The van der Waals surface area contributed by atoms with E-state index < -0.39 is 15.3 Å². The van der Waals surface area contributed by atoms with Crippen molar-refractivity contribution in [2.24, 2.45) is 0 Å². The zero-order valence-corrected chi connectivity index (χ0v) is 19.5. The number of aromatic amines is 1. The van der Waals surface area contributed by atoms with Gasteiger partial charge in [0.1, 0.15) is 5.82 Å². The van der Waals surface area contributed by atoms with Crippen LogP contribution >= 0.6 is 0 Å². The van der Waals surface area contributed by atoms with Gasteiger partial charge in [-0.1, -0.05) is 36.4 Å². The highest BCUT2D eigenvalue weighted by molar-refractivity contribution is 7.90. The second-order valence-corrected chi connectivity index (χ2v) is 10.7. The molecule has 34 heavy (non-hydrogen) atoms. The number of rotatable bonds is 5. The van der Waals surface area contributed by atoms with Gasteiger partial charge in [-0.25, -0.2) is 22.4 Å². The van der Waals surface area contributed by atoms with Crippen LogP contribution in [0.15, 0.2) is 72.8 Å². The molecule has 0 atom stereocenters. The van der Waals surface area contributed by atoms with Crippen LogP contribution in [0.4, 0.5) is 11.6 Å². The fourth-order valence-corrected chi connectivity index (χ4v) is 5.02. The Morgan fingerprint density at radius 1 is 0.853 bits per heavy atom. The van der Waals surface area contributed by atoms with E-state index >= 15 is 0 Å². The van der Waals surface area contributed by atoms with E-state index in [2.05, 4.69) is 9.97 Å². The highest BCUT2D eigenvalue weighted by Gasteiger charge is 2.25. The number of anilines is 2. The van der Waals surface area contributed by atoms with E-state index in [4.69, 9.17) is 16.5 Å². The van der Waals surface area contributed by atoms with Gasteiger partial charge >= 0.3 is 0 Å². The Morgan fingerprint density at radius 3 is 2.21 bits per heavy atom. The molecule has 8 nitrogen and oxygen atoms in total. The smallest absolute Gasteiger partial charge is 0.244 e. The first-order valence-electron chi connectivity index (χ1n) is 10.8. The highest BCUT2D eigenvalue weighted by atomic mass is 32.2. The number of nitrogens with two attached hydrogens (primary N) is 2. The standard InChI is InChI=1S/C25H24N6O2S/c1-15(2)34(32,33)31-21-14-18(10-13-20(21)28-25(31)27)23-22(16-6-4-3-5-7-16)29-24(30-23)17-8-11-19(26)12-9-17/h3-15H,26H2,1-2H3,(H2,27,28)(H,29,30). The van der Waals surface area contributed by atoms with Gasteiger partial charge in [0, 0.05) is 22.4 Å². The third-order valence-electron chi connectivity index (χ3n) is 5.71. The van der Waals surface area contributed by atoms with E-state index in [0.717, 1.165) is 26.4 Å². The van der Waals surface area contributed by atoms with Gasteiger partial charge in [0.05, 0.1) is 27.7 Å². The largest absolute Gasteiger partial charge is 0.399 e. The quantitative estimate of drug-likeness (QED) is 0.322. The molecule has 2 aromatic heterocycles. The molecule has 0 bridgehead atoms. The Kier molecular flexibility index (Phi) is 5.13. The summed E-state index contributed by atoms with van der Waals surface area (Å²) < 4.78 is 27.1. The van der Waals surface area contributed by atoms with Crippen molar-refractivity contribution < 1.29 is 8.42 Å². The maximum atomic E-state index is 13.0. The van der Waals surface area contributed by atoms with Crippen LogP contribution in [0.2, 0.25) is 0 Å². The maximum absolute atomic E-state index is 13.0. The van der Waals surface area contributed by atoms with Crippen LogP contribution in [-0.4, -0.2) is 32.6 Å². The van der Waals surface area contributed by atoms with E-state index in [1.54, 1.807) is 26.0 Å². The molecule has 0 aliphatic heterocycles. The minimum atomic E-state index is -3.70. The van der Waals surface area contributed by atoms with Gasteiger partial charge < -0.3 is 16.5 Å². The molecule has 0 aliphatic rings. The number of benzene rings is 3. The average molecular weight is 473 g/mol. The molecule has 0 aliphatic carbocycles. The second kappa shape index (κ2) is 8.03. The molecule has 5 N–H and O–H groups in total. The number of nitrogen functional groups attached to an aromatic ring is 2. The van der Waals surface area contributed by atoms with Gasteiger partial charge in [-0.3, -0.25) is 0 Å². The van der Waals surface area contributed by atoms with Crippen LogP contribution in [0.1, 0.15) is 13.8 Å². The van der Waals surface area contributed by atoms with Crippen molar-refractivity contribution in [3.05, 3.63) is 72.8 Å². The minimum Gasteiger partial charge on any atom is -0.399 e. The van der Waals surface area contributed by atoms with Crippen LogP contribution in [0.5, 0.6) is 0 Å². The molecule has 2 heterocycles. The zero-order valence-electron chi connectivity index (χ0n) is 18.7. The molecule has 5 aromatic rings. The third-order valence-corrected chi connectivity index (χ3v) is 7.80. The Bertz CT molecular complexity index is 1600. The van der Waals surface area contributed by atoms with Gasteiger partial charge in [0.2, 0.25) is 16.0 Å². The van der Waals surface area contributed by atoms with E-state index in [1.165, 1.54) is 0 Å². The summed E-state index contributed by atoms with van der Waals surface area (Å²) in [6.07, 6.45) is 0. The molecule has 9 heteroatoms. The number of fused-ring (bicyclic) bond motifs is 1. The molecule has 0 radical (unpaired) electrons. The monoisotopic (exact) mass is 472 g/mol. The summed E-state index contributed by atoms with van der Waals surface area (Å²) in [5.74, 6) is 0.616. The molecule has 0 saturated heterocycles. The second-order valence-electron chi connectivity index (χ2n) is 8.33. The predicted octanol–water partition coefficient (Wildman–Crippen LogP) is 4.51. The summed E-state index contributed by atoms with van der Waals surface area (Å²) in [7, 11) is -3.70. The topological polar surface area (TPSA) is 133 Å². The number of hydrogen-bond acceptors (Lipinski definition) is 6. The molecule has 0 fully saturated rings. The first kappa shape index (κ1) is 21.7. The van der Waals surface area contributed by atoms with Gasteiger partial charge in [0.15, 0.2) is 0 Å². The van der Waals surface area contributed by atoms with Crippen LogP contribution in [0, 0.1) is 0 Å². The van der Waals surface area contributed by atoms with Crippen LogP contribution in [0.3, 0.4) is 0 Å². The fourth-order valence-electron chi connectivity index (χ4n) is 3.87. The van der Waals surface area contributed by atoms with Crippen molar-refractivity contribution in [3.8, 4) is 33.9 Å². The summed E-state index contributed by atoms with van der Waals surface area (Å²) in [4.78, 5) is 12.6. The molecule has 0 unspecified atom stereocenters. The summed E-state index contributed by atoms with van der Waals surface area (Å²) in [6, 6.07) is 22.7. The molecule has 0 amide bonds. The number of aromatic nitrogens is 4. The number of hydrogen-bond donors (Lipinski definition) is 3. The summed E-state index contributed by atoms with van der Waals surface area (Å²) in [5.41, 5.74) is 17.5. The van der Waals surface area contributed by atoms with Crippen LogP contribution in [-0.2, 0) is 10.0 Å². The Hall–Kier alpha value is -4.11. The molecular weight excluding hydrogens is 448 g/mol. The van der Waals surface area contributed by atoms with Crippen LogP contribution < -0.4 is 11.5 Å². The highest BCUT2D eigenvalue weighted by Crippen LogP contribution is 2.35. The Balaban J connectivity index is 1.74. The van der Waals surface area contributed by atoms with Gasteiger partial charge in [-0.15, -0.1) is 0 Å². The lowest BCUT2D eigenvalue weighted by molar-refractivity contribution is 0.580. The van der Waals surface area contributed by atoms with Crippen molar-refractivity contribution >= 4 is 32.7 Å². The Morgan fingerprint density at radius 2 is 1.53 bits per heavy atom. The average Bonchev–Trinajstić information content (AvgIpc) is 3.40. The van der Waals surface area contributed by atoms with Crippen molar-refractivity contribution in [1.29, 1.82) is 0 Å². The van der Waals surface area contributed by atoms with E-state index in [1.807, 2.05) is 60.7 Å². The number of H-pyrrole nitrogens is 1. The lowest BCUT2D eigenvalue weighted by Gasteiger charge is -2.11. The van der Waals surface area contributed by atoms with Gasteiger partial charge in [-0.05, 0) is 50.2 Å². The SMILES string of the molecule is CC(C)S(=O)(=O)n1c(N)nc2ccc(-c3nc(-c4ccc(N)cc4)[nH]c3-c3ccccc3)cc21. The number of nitrogens with one attached hydrogen (secondary N) is 1. The summed E-state index contributed by atoms with van der Waals surface area (Å²) >= 11 is 0. The predicted molar refractivity (Wildman–Crippen MR) is 136 cm³/mol. The first-order chi connectivity index (χ1) is 16.3. The van der Waals surface area contributed by atoms with Gasteiger partial charge in [0.25, 0.3) is 0 Å². The summed E-state index contributed by atoms with van der Waals surface area (Å²) in [6.45, 7) is 3.23. The lowest BCUT2D eigenvalue weighted by atomic mass is 10.0. The molecule has 5 rings (SSSR count). The fraction of sp³-hybridized carbons (Fsp3) is 0.120. The van der Waals surface area contributed by atoms with Crippen LogP contribution in [0.25, 0.3) is 44.9 Å². The van der Waals surface area contributed by atoms with Crippen molar-refractivity contribution in [2.45, 2.75) is 19.1 Å². The normalized spacial score (nSPS) is 12.0. The third kappa shape index (κ3) is 3.60. The zero-order chi connectivity index (χ0) is 24.0. The van der Waals surface area contributed by atoms with E-state index in [0.29, 0.717) is 28.2 Å². The maximum Gasteiger partial charge on any atom is 0.244 e. The molecule has 0 saturated carbocycles. The van der Waals surface area contributed by atoms with Crippen molar-refractivity contribution in [2.75, 3.05) is 11.5 Å². The number of imidazole rings is 2. The molecule has 172 valence electrons. The minimum absolute atomic E-state index is 0.0614. The summed E-state index contributed by atoms with van der Waals surface area (Å²) in [5, 5.41) is -0.654. The van der Waals surface area contributed by atoms with Crippen molar-refractivity contribution in [3.63, 3.8) is 0 Å². The number of nitrogens with zero attached hydrogens (tertiary/aromatic N) is 3. The molecule has 0 spiro atoms. The molecule has 3 aromatic carbocycles. The van der Waals surface area contributed by atoms with Crippen molar-refractivity contribution in [1.82, 2.24) is 18.9 Å². The van der Waals surface area contributed by atoms with Gasteiger partial charge in [-0.2, -0.15) is 0 Å². The molecular formula is C25H24N6O2S. The van der Waals surface area contributed by atoms with E-state index in [9.17, 15) is 8.42 Å². The lowest BCUT2D eigenvalue weighted by Crippen LogP contribution is -2.23. The van der Waals surface area contributed by atoms with E-state index in [-0.39, 0.29) is 5.95 Å².